The van der Waals surface area contributed by atoms with Gasteiger partial charge in [0.15, 0.2) is 12.2 Å². The lowest BCUT2D eigenvalue weighted by Crippen LogP contribution is -2.47. The van der Waals surface area contributed by atoms with Gasteiger partial charge in [0.2, 0.25) is 5.69 Å². The summed E-state index contributed by atoms with van der Waals surface area (Å²) in [6.07, 6.45) is 2.14. The molecule has 3 aromatic carbocycles. The number of pyridine rings is 1. The second-order valence-corrected chi connectivity index (χ2v) is 10.7. The standard InChI is InChI=1S/C30H29ClN.BF4/c1-30(2,3)28-19-27(22-9-5-4-6-10-22)26-18-15-23-11-7-8-12-25(23)29(26)32(28)20-21-13-16-24(31)17-14-21;2-1(3,4)5/h4-14,16-17,19H,15,18,20H2,1-3H3;/q+1;-1. The minimum atomic E-state index is -6.00. The van der Waals surface area contributed by atoms with Crippen molar-refractivity contribution in [2.75, 3.05) is 0 Å². The van der Waals surface area contributed by atoms with Crippen molar-refractivity contribution in [2.45, 2.75) is 45.6 Å². The highest BCUT2D eigenvalue weighted by atomic mass is 35.5. The minimum Gasteiger partial charge on any atom is -0.418 e. The lowest BCUT2D eigenvalue weighted by atomic mass is 9.81. The fourth-order valence-corrected chi connectivity index (χ4v) is 5.06. The van der Waals surface area contributed by atoms with Crippen LogP contribution in [-0.2, 0) is 24.8 Å². The Bertz CT molecular complexity index is 1370. The summed E-state index contributed by atoms with van der Waals surface area (Å²) in [5.41, 5.74) is 10.9. The second kappa shape index (κ2) is 10.7. The molecule has 0 N–H and O–H groups in total. The Morgan fingerprint density at radius 3 is 2.00 bits per heavy atom. The van der Waals surface area contributed by atoms with Gasteiger partial charge in [0, 0.05) is 33.2 Å². The number of rotatable bonds is 3. The number of halogens is 5. The van der Waals surface area contributed by atoms with E-state index in [9.17, 15) is 17.3 Å². The van der Waals surface area contributed by atoms with E-state index >= 15 is 0 Å². The quantitative estimate of drug-likeness (QED) is 0.143. The summed E-state index contributed by atoms with van der Waals surface area (Å²) >= 11 is 6.18. The van der Waals surface area contributed by atoms with E-state index in [0.717, 1.165) is 24.4 Å². The van der Waals surface area contributed by atoms with Crippen LogP contribution in [0.1, 0.15) is 43.2 Å². The Morgan fingerprint density at radius 2 is 1.38 bits per heavy atom. The molecule has 5 rings (SSSR count). The zero-order chi connectivity index (χ0) is 26.8. The molecule has 0 radical (unpaired) electrons. The van der Waals surface area contributed by atoms with Crippen molar-refractivity contribution in [3.63, 3.8) is 0 Å². The van der Waals surface area contributed by atoms with E-state index in [-0.39, 0.29) is 5.41 Å². The molecule has 0 saturated carbocycles. The second-order valence-electron chi connectivity index (χ2n) is 10.3. The van der Waals surface area contributed by atoms with Crippen molar-refractivity contribution in [1.29, 1.82) is 0 Å². The van der Waals surface area contributed by atoms with Gasteiger partial charge < -0.3 is 17.3 Å². The largest absolute Gasteiger partial charge is 0.673 e. The van der Waals surface area contributed by atoms with E-state index < -0.39 is 7.25 Å². The predicted octanol–water partition coefficient (Wildman–Crippen LogP) is 8.71. The third-order valence-corrected chi connectivity index (χ3v) is 6.73. The summed E-state index contributed by atoms with van der Waals surface area (Å²) in [5.74, 6) is 0. The van der Waals surface area contributed by atoms with Crippen molar-refractivity contribution in [1.82, 2.24) is 0 Å². The zero-order valence-electron chi connectivity index (χ0n) is 21.1. The molecule has 1 aliphatic rings. The van der Waals surface area contributed by atoms with Gasteiger partial charge in [0.05, 0.1) is 0 Å². The number of fused-ring (bicyclic) bond motifs is 3. The summed E-state index contributed by atoms with van der Waals surface area (Å²) in [7, 11) is -6.00. The fourth-order valence-electron chi connectivity index (χ4n) is 4.94. The molecule has 0 atom stereocenters. The van der Waals surface area contributed by atoms with Crippen LogP contribution in [0.4, 0.5) is 17.3 Å². The smallest absolute Gasteiger partial charge is 0.418 e. The van der Waals surface area contributed by atoms with Crippen LogP contribution in [0.3, 0.4) is 0 Å². The average Bonchev–Trinajstić information content (AvgIpc) is 2.84. The monoisotopic (exact) mass is 525 g/mol. The number of benzene rings is 3. The van der Waals surface area contributed by atoms with Crippen molar-refractivity contribution in [3.8, 4) is 22.4 Å². The zero-order valence-corrected chi connectivity index (χ0v) is 21.9. The third-order valence-electron chi connectivity index (χ3n) is 6.48. The molecule has 192 valence electrons. The molecule has 1 aromatic heterocycles. The first-order valence-corrected chi connectivity index (χ1v) is 12.7. The van der Waals surface area contributed by atoms with Crippen molar-refractivity contribution in [3.05, 3.63) is 112 Å². The molecule has 0 fully saturated rings. The van der Waals surface area contributed by atoms with Crippen LogP contribution in [0.15, 0.2) is 84.9 Å². The Balaban J connectivity index is 0.000000586. The Kier molecular flexibility index (Phi) is 7.79. The van der Waals surface area contributed by atoms with E-state index in [4.69, 9.17) is 11.6 Å². The molecule has 0 amide bonds. The van der Waals surface area contributed by atoms with E-state index in [1.165, 1.54) is 44.8 Å². The first kappa shape index (κ1) is 26.9. The third kappa shape index (κ3) is 6.61. The van der Waals surface area contributed by atoms with Crippen LogP contribution in [-0.4, -0.2) is 7.25 Å². The molecule has 0 saturated heterocycles. The lowest BCUT2D eigenvalue weighted by Gasteiger charge is -2.26. The van der Waals surface area contributed by atoms with Gasteiger partial charge in [0.1, 0.15) is 0 Å². The average molecular weight is 526 g/mol. The number of aromatic nitrogens is 1. The van der Waals surface area contributed by atoms with Gasteiger partial charge in [-0.05, 0) is 47.7 Å². The molecule has 0 unspecified atom stereocenters. The van der Waals surface area contributed by atoms with E-state index in [1.807, 2.05) is 12.1 Å². The van der Waals surface area contributed by atoms with Gasteiger partial charge in [-0.2, -0.15) is 4.57 Å². The summed E-state index contributed by atoms with van der Waals surface area (Å²) in [6.45, 7) is 7.78. The maximum absolute atomic E-state index is 9.75. The van der Waals surface area contributed by atoms with Crippen LogP contribution in [0.25, 0.3) is 22.4 Å². The molecule has 1 aliphatic carbocycles. The van der Waals surface area contributed by atoms with Crippen LogP contribution in [0, 0.1) is 0 Å². The number of hydrogen-bond acceptors (Lipinski definition) is 0. The molecule has 37 heavy (non-hydrogen) atoms. The minimum absolute atomic E-state index is 0.00260. The van der Waals surface area contributed by atoms with Crippen LogP contribution < -0.4 is 4.57 Å². The first-order chi connectivity index (χ1) is 17.4. The topological polar surface area (TPSA) is 3.88 Å². The molecular formula is C30H29BClF4N. The van der Waals surface area contributed by atoms with Crippen LogP contribution in [0.2, 0.25) is 5.02 Å². The summed E-state index contributed by atoms with van der Waals surface area (Å²) in [4.78, 5) is 0. The Hall–Kier alpha value is -3.12. The van der Waals surface area contributed by atoms with Crippen molar-refractivity contribution >= 4 is 18.9 Å². The van der Waals surface area contributed by atoms with E-state index in [0.29, 0.717) is 0 Å². The van der Waals surface area contributed by atoms with Gasteiger partial charge >= 0.3 is 7.25 Å². The molecule has 7 heteroatoms. The van der Waals surface area contributed by atoms with Gasteiger partial charge in [-0.3, -0.25) is 0 Å². The molecule has 0 aliphatic heterocycles. The highest BCUT2D eigenvalue weighted by molar-refractivity contribution is 6.50. The first-order valence-electron chi connectivity index (χ1n) is 12.3. The highest BCUT2D eigenvalue weighted by Gasteiger charge is 2.35. The van der Waals surface area contributed by atoms with Crippen molar-refractivity contribution in [2.24, 2.45) is 0 Å². The maximum Gasteiger partial charge on any atom is 0.673 e. The van der Waals surface area contributed by atoms with Gasteiger partial charge in [0.25, 0.3) is 0 Å². The van der Waals surface area contributed by atoms with Gasteiger partial charge in [-0.15, -0.1) is 0 Å². The summed E-state index contributed by atoms with van der Waals surface area (Å²) in [6, 6.07) is 30.5. The molecule has 4 aromatic rings. The SMILES string of the molecule is CC(C)(C)c1cc(-c2ccccc2)c2c([n+]1Cc1ccc(Cl)cc1)-c1ccccc1CC2.F[B-](F)(F)F. The molecule has 1 nitrogen and oxygen atoms in total. The number of nitrogens with zero attached hydrogens (tertiary/aromatic N) is 1. The number of aryl methyl sites for hydroxylation is 1. The highest BCUT2D eigenvalue weighted by Crippen LogP contribution is 2.39. The Labute approximate surface area is 220 Å². The molecule has 0 bridgehead atoms. The normalized spacial score (nSPS) is 12.8. The van der Waals surface area contributed by atoms with Gasteiger partial charge in [-0.25, -0.2) is 0 Å². The maximum atomic E-state index is 9.75. The van der Waals surface area contributed by atoms with E-state index in [1.54, 1.807) is 0 Å². The summed E-state index contributed by atoms with van der Waals surface area (Å²) < 4.78 is 41.6. The summed E-state index contributed by atoms with van der Waals surface area (Å²) in [5, 5.41) is 0.779. The molecule has 0 spiro atoms. The van der Waals surface area contributed by atoms with E-state index in [2.05, 4.69) is 98.1 Å². The molecular weight excluding hydrogens is 497 g/mol. The predicted molar refractivity (Wildman–Crippen MR) is 144 cm³/mol. The van der Waals surface area contributed by atoms with Crippen LogP contribution >= 0.6 is 11.6 Å². The number of hydrogen-bond donors (Lipinski definition) is 0. The molecule has 1 heterocycles. The lowest BCUT2D eigenvalue weighted by molar-refractivity contribution is -0.688. The van der Waals surface area contributed by atoms with Crippen LogP contribution in [0.5, 0.6) is 0 Å². The van der Waals surface area contributed by atoms with Crippen molar-refractivity contribution < 1.29 is 21.8 Å². The van der Waals surface area contributed by atoms with Gasteiger partial charge in [-0.1, -0.05) is 93.0 Å². The Morgan fingerprint density at radius 1 is 0.784 bits per heavy atom. The fraction of sp³-hybridized carbons (Fsp3) is 0.233.